The van der Waals surface area contributed by atoms with Gasteiger partial charge in [-0.3, -0.25) is 0 Å². The highest BCUT2D eigenvalue weighted by molar-refractivity contribution is 7.91. The average molecular weight is 430 g/mol. The second kappa shape index (κ2) is 7.79. The summed E-state index contributed by atoms with van der Waals surface area (Å²) < 4.78 is 57.8. The van der Waals surface area contributed by atoms with Gasteiger partial charge in [0.2, 0.25) is 10.0 Å². The van der Waals surface area contributed by atoms with Crippen molar-refractivity contribution in [1.82, 2.24) is 4.31 Å². The monoisotopic (exact) mass is 429 g/mol. The molecule has 0 spiro atoms. The summed E-state index contributed by atoms with van der Waals surface area (Å²) in [5.41, 5.74) is 0. The predicted molar refractivity (Wildman–Crippen MR) is 103 cm³/mol. The lowest BCUT2D eigenvalue weighted by Gasteiger charge is -2.24. The molecule has 0 unspecified atom stereocenters. The van der Waals surface area contributed by atoms with Crippen molar-refractivity contribution in [2.45, 2.75) is 28.7 Å². The van der Waals surface area contributed by atoms with Crippen LogP contribution in [0.2, 0.25) is 5.02 Å². The number of hydrogen-bond donors (Lipinski definition) is 0. The normalized spacial score (nSPS) is 18.5. The molecule has 0 saturated carbocycles. The van der Waals surface area contributed by atoms with E-state index in [9.17, 15) is 16.8 Å². The smallest absolute Gasteiger partial charge is 0.243 e. The van der Waals surface area contributed by atoms with E-state index in [0.29, 0.717) is 18.6 Å². The molecule has 6 nitrogen and oxygen atoms in total. The molecule has 2 aromatic rings. The van der Waals surface area contributed by atoms with Crippen molar-refractivity contribution in [3.05, 3.63) is 53.6 Å². The topological polar surface area (TPSA) is 80.8 Å². The Morgan fingerprint density at radius 1 is 1.07 bits per heavy atom. The third-order valence-corrected chi connectivity index (χ3v) is 8.62. The first kappa shape index (κ1) is 20.1. The molecule has 0 N–H and O–H groups in total. The maximum atomic E-state index is 13.1. The van der Waals surface area contributed by atoms with Gasteiger partial charge in [0.1, 0.15) is 5.75 Å². The first-order valence-corrected chi connectivity index (χ1v) is 11.9. The van der Waals surface area contributed by atoms with Crippen molar-refractivity contribution < 1.29 is 21.6 Å². The number of halogens is 1. The Morgan fingerprint density at radius 3 is 2.41 bits per heavy atom. The zero-order valence-electron chi connectivity index (χ0n) is 14.7. The molecule has 1 saturated heterocycles. The van der Waals surface area contributed by atoms with Crippen molar-refractivity contribution in [2.75, 3.05) is 19.4 Å². The van der Waals surface area contributed by atoms with Crippen molar-refractivity contribution >= 4 is 31.5 Å². The highest BCUT2D eigenvalue weighted by Gasteiger charge is 2.38. The molecule has 1 fully saturated rings. The zero-order chi connectivity index (χ0) is 19.7. The summed E-state index contributed by atoms with van der Waals surface area (Å²) in [7, 11) is -6.01. The molecule has 0 aliphatic carbocycles. The van der Waals surface area contributed by atoms with Gasteiger partial charge in [0.25, 0.3) is 0 Å². The lowest BCUT2D eigenvalue weighted by Crippen LogP contribution is -2.39. The maximum absolute atomic E-state index is 13.1. The van der Waals surface area contributed by atoms with Crippen LogP contribution in [0.25, 0.3) is 0 Å². The molecular formula is C18H20ClNO5S2. The first-order chi connectivity index (χ1) is 12.8. The minimum atomic E-state index is -3.86. The van der Waals surface area contributed by atoms with Crippen LogP contribution in [0.15, 0.2) is 58.3 Å². The maximum Gasteiger partial charge on any atom is 0.243 e. The Kier molecular flexibility index (Phi) is 5.81. The zero-order valence-corrected chi connectivity index (χ0v) is 17.1. The second-order valence-corrected chi connectivity index (χ2v) is 10.6. The van der Waals surface area contributed by atoms with Crippen LogP contribution in [0.3, 0.4) is 0 Å². The highest BCUT2D eigenvalue weighted by atomic mass is 35.5. The van der Waals surface area contributed by atoms with Crippen LogP contribution >= 0.6 is 11.6 Å². The van der Waals surface area contributed by atoms with Crippen LogP contribution in [0.1, 0.15) is 12.8 Å². The molecule has 0 aromatic heterocycles. The molecule has 9 heteroatoms. The van der Waals surface area contributed by atoms with Gasteiger partial charge in [-0.15, -0.1) is 0 Å². The molecular weight excluding hydrogens is 410 g/mol. The molecule has 2 aromatic carbocycles. The molecule has 1 atom stereocenters. The number of sulfone groups is 1. The van der Waals surface area contributed by atoms with Gasteiger partial charge in [-0.05, 0) is 43.2 Å². The third-order valence-electron chi connectivity index (χ3n) is 4.57. The Labute approximate surface area is 164 Å². The van der Waals surface area contributed by atoms with E-state index in [1.807, 2.05) is 0 Å². The summed E-state index contributed by atoms with van der Waals surface area (Å²) in [6, 6.07) is 11.7. The number of hydrogen-bond acceptors (Lipinski definition) is 5. The molecule has 1 aliphatic rings. The minimum absolute atomic E-state index is 0.0253. The van der Waals surface area contributed by atoms with Gasteiger partial charge in [-0.2, -0.15) is 4.31 Å². The van der Waals surface area contributed by atoms with Crippen LogP contribution in [0.5, 0.6) is 5.75 Å². The third kappa shape index (κ3) is 4.13. The average Bonchev–Trinajstić information content (AvgIpc) is 3.10. The van der Waals surface area contributed by atoms with E-state index in [-0.39, 0.29) is 27.1 Å². The van der Waals surface area contributed by atoms with E-state index < -0.39 is 25.9 Å². The summed E-state index contributed by atoms with van der Waals surface area (Å²) in [5, 5.41) is 0.186. The fourth-order valence-electron chi connectivity index (χ4n) is 3.21. The lowest BCUT2D eigenvalue weighted by atomic mass is 10.3. The van der Waals surface area contributed by atoms with Crippen LogP contribution in [0, 0.1) is 0 Å². The molecule has 0 amide bonds. The Bertz CT molecular complexity index is 1020. The fraction of sp³-hybridized carbons (Fsp3) is 0.333. The first-order valence-electron chi connectivity index (χ1n) is 8.39. The number of benzene rings is 2. The van der Waals surface area contributed by atoms with Gasteiger partial charge in [0, 0.05) is 12.6 Å². The Hall–Kier alpha value is -1.61. The van der Waals surface area contributed by atoms with E-state index in [4.69, 9.17) is 16.3 Å². The number of ether oxygens (including phenoxy) is 1. The summed E-state index contributed by atoms with van der Waals surface area (Å²) in [5.74, 6) is 0.125. The van der Waals surface area contributed by atoms with Gasteiger partial charge in [0.15, 0.2) is 9.84 Å². The second-order valence-electron chi connectivity index (χ2n) is 6.30. The van der Waals surface area contributed by atoms with Gasteiger partial charge in [-0.1, -0.05) is 29.8 Å². The molecule has 0 bridgehead atoms. The van der Waals surface area contributed by atoms with E-state index in [2.05, 4.69) is 0 Å². The fourth-order valence-corrected chi connectivity index (χ4v) is 6.97. The SMILES string of the molecule is COc1ccc(S(=O)(=O)N2CCC[C@@H]2CS(=O)(=O)c2ccccc2)cc1Cl. The summed E-state index contributed by atoms with van der Waals surface area (Å²) in [6.45, 7) is 0.279. The van der Waals surface area contributed by atoms with Crippen LogP contribution in [-0.2, 0) is 19.9 Å². The summed E-state index contributed by atoms with van der Waals surface area (Å²) in [6.07, 6.45) is 1.10. The van der Waals surface area contributed by atoms with Gasteiger partial charge < -0.3 is 4.74 Å². The van der Waals surface area contributed by atoms with Crippen molar-refractivity contribution in [1.29, 1.82) is 0 Å². The Balaban J connectivity index is 1.88. The van der Waals surface area contributed by atoms with E-state index in [1.54, 1.807) is 18.2 Å². The van der Waals surface area contributed by atoms with Gasteiger partial charge in [0.05, 0.1) is 27.7 Å². The number of rotatable bonds is 6. The highest BCUT2D eigenvalue weighted by Crippen LogP contribution is 2.32. The van der Waals surface area contributed by atoms with Gasteiger partial charge >= 0.3 is 0 Å². The number of nitrogens with zero attached hydrogens (tertiary/aromatic N) is 1. The van der Waals surface area contributed by atoms with Crippen molar-refractivity contribution in [3.63, 3.8) is 0 Å². The molecule has 146 valence electrons. The van der Waals surface area contributed by atoms with Crippen LogP contribution in [0.4, 0.5) is 0 Å². The quantitative estimate of drug-likeness (QED) is 0.705. The predicted octanol–water partition coefficient (Wildman–Crippen LogP) is 2.98. The molecule has 27 heavy (non-hydrogen) atoms. The van der Waals surface area contributed by atoms with Crippen LogP contribution < -0.4 is 4.74 Å². The summed E-state index contributed by atoms with van der Waals surface area (Å²) >= 11 is 6.06. The number of sulfonamides is 1. The van der Waals surface area contributed by atoms with Crippen molar-refractivity contribution in [3.8, 4) is 5.75 Å². The molecule has 1 aliphatic heterocycles. The van der Waals surface area contributed by atoms with E-state index in [0.717, 1.165) is 0 Å². The van der Waals surface area contributed by atoms with Crippen molar-refractivity contribution in [2.24, 2.45) is 0 Å². The Morgan fingerprint density at radius 2 is 1.78 bits per heavy atom. The molecule has 1 heterocycles. The molecule has 0 radical (unpaired) electrons. The standard InChI is InChI=1S/C18H20ClNO5S2/c1-25-18-10-9-16(12-17(18)19)27(23,24)20-11-5-6-14(20)13-26(21,22)15-7-3-2-4-8-15/h2-4,7-10,12,14H,5-6,11,13H2,1H3/t14-/m1/s1. The largest absolute Gasteiger partial charge is 0.495 e. The van der Waals surface area contributed by atoms with Crippen LogP contribution in [-0.4, -0.2) is 46.6 Å². The molecule has 3 rings (SSSR count). The number of methoxy groups -OCH3 is 1. The van der Waals surface area contributed by atoms with E-state index in [1.165, 1.54) is 41.7 Å². The lowest BCUT2D eigenvalue weighted by molar-refractivity contribution is 0.406. The van der Waals surface area contributed by atoms with E-state index >= 15 is 0 Å². The summed E-state index contributed by atoms with van der Waals surface area (Å²) in [4.78, 5) is 0.221. The minimum Gasteiger partial charge on any atom is -0.495 e. The van der Waals surface area contributed by atoms with Gasteiger partial charge in [-0.25, -0.2) is 16.8 Å².